The smallest absolute Gasteiger partial charge is 0.121 e. The molecule has 0 aliphatic carbocycles. The Bertz CT molecular complexity index is 2270. The highest BCUT2D eigenvalue weighted by molar-refractivity contribution is 7.25. The van der Waals surface area contributed by atoms with Crippen molar-refractivity contribution in [2.75, 3.05) is 5.43 Å². The molecular formula is C42H32N4S. The van der Waals surface area contributed by atoms with Gasteiger partial charge in [-0.3, -0.25) is 0 Å². The molecule has 0 radical (unpaired) electrons. The van der Waals surface area contributed by atoms with Gasteiger partial charge in [0.1, 0.15) is 6.17 Å². The quantitative estimate of drug-likeness (QED) is 0.0850. The highest BCUT2D eigenvalue weighted by Gasteiger charge is 2.17. The van der Waals surface area contributed by atoms with Gasteiger partial charge in [0.2, 0.25) is 0 Å². The standard InChI is InChI=1S/C42H32N4S/c1-2-12-38(32-15-7-4-8-16-32)44-42(34-18-11-17-33(25-34)30-23-21-29(28-43)22-24-30)46-45-39-26-37-35-19-9-10-20-40(35)47-41(37)27-36(39)31-13-5-3-6-14-31/h2-11,13-27,42,44-46H,1H3. The van der Waals surface area contributed by atoms with E-state index in [1.54, 1.807) is 0 Å². The zero-order chi connectivity index (χ0) is 32.0. The second-order valence-corrected chi connectivity index (χ2v) is 12.3. The zero-order valence-electron chi connectivity index (χ0n) is 25.9. The van der Waals surface area contributed by atoms with Gasteiger partial charge >= 0.3 is 0 Å². The molecule has 7 rings (SSSR count). The number of fused-ring (bicyclic) bond motifs is 3. The number of anilines is 1. The monoisotopic (exact) mass is 624 g/mol. The molecule has 0 fully saturated rings. The van der Waals surface area contributed by atoms with Crippen LogP contribution in [0.2, 0.25) is 0 Å². The van der Waals surface area contributed by atoms with E-state index in [1.807, 2.05) is 72.9 Å². The first kappa shape index (κ1) is 29.8. The summed E-state index contributed by atoms with van der Waals surface area (Å²) in [5.74, 6) is 0. The van der Waals surface area contributed by atoms with Crippen molar-refractivity contribution >= 4 is 42.9 Å². The summed E-state index contributed by atoms with van der Waals surface area (Å²) in [6.07, 6.45) is 1.59. The Morgan fingerprint density at radius 3 is 2.17 bits per heavy atom. The first-order chi connectivity index (χ1) is 23.2. The number of hydrogen-bond donors (Lipinski definition) is 3. The average Bonchev–Trinajstić information content (AvgIpc) is 3.51. The first-order valence-corrected chi connectivity index (χ1v) is 16.4. The van der Waals surface area contributed by atoms with Crippen LogP contribution in [0.3, 0.4) is 0 Å². The van der Waals surface area contributed by atoms with Crippen molar-refractivity contribution in [1.29, 1.82) is 5.26 Å². The van der Waals surface area contributed by atoms with Crippen LogP contribution in [0.5, 0.6) is 0 Å². The molecule has 0 aliphatic heterocycles. The third-order valence-electron chi connectivity index (χ3n) is 8.16. The highest BCUT2D eigenvalue weighted by atomic mass is 32.1. The Morgan fingerprint density at radius 2 is 1.40 bits per heavy atom. The van der Waals surface area contributed by atoms with E-state index in [1.165, 1.54) is 20.2 Å². The van der Waals surface area contributed by atoms with Crippen LogP contribution in [0, 0.1) is 11.3 Å². The number of hydrazine groups is 1. The fourth-order valence-electron chi connectivity index (χ4n) is 5.82. The van der Waals surface area contributed by atoms with Crippen molar-refractivity contribution in [3.8, 4) is 28.3 Å². The number of nitrogens with one attached hydrogen (secondary N) is 3. The predicted molar refractivity (Wildman–Crippen MR) is 198 cm³/mol. The van der Waals surface area contributed by atoms with Crippen LogP contribution in [0.1, 0.15) is 29.8 Å². The third-order valence-corrected chi connectivity index (χ3v) is 9.29. The van der Waals surface area contributed by atoms with Crippen molar-refractivity contribution in [3.63, 3.8) is 0 Å². The van der Waals surface area contributed by atoms with E-state index in [-0.39, 0.29) is 6.17 Å². The topological polar surface area (TPSA) is 59.9 Å². The maximum Gasteiger partial charge on any atom is 0.121 e. The van der Waals surface area contributed by atoms with E-state index in [9.17, 15) is 5.26 Å². The summed E-state index contributed by atoms with van der Waals surface area (Å²) >= 11 is 1.82. The number of benzene rings is 6. The van der Waals surface area contributed by atoms with Gasteiger partial charge in [-0.25, -0.2) is 5.43 Å². The van der Waals surface area contributed by atoms with E-state index in [0.29, 0.717) is 5.56 Å². The lowest BCUT2D eigenvalue weighted by Crippen LogP contribution is -2.37. The summed E-state index contributed by atoms with van der Waals surface area (Å²) < 4.78 is 2.53. The van der Waals surface area contributed by atoms with Gasteiger partial charge in [-0.05, 0) is 71.7 Å². The van der Waals surface area contributed by atoms with E-state index < -0.39 is 0 Å². The minimum Gasteiger partial charge on any atom is -0.358 e. The Labute approximate surface area is 278 Å². The van der Waals surface area contributed by atoms with Crippen LogP contribution in [0.4, 0.5) is 5.69 Å². The van der Waals surface area contributed by atoms with Gasteiger partial charge in [0.15, 0.2) is 0 Å². The fraction of sp³-hybridized carbons (Fsp3) is 0.0476. The summed E-state index contributed by atoms with van der Waals surface area (Å²) in [6, 6.07) is 52.3. The molecule has 6 aromatic carbocycles. The van der Waals surface area contributed by atoms with Crippen LogP contribution < -0.4 is 16.2 Å². The molecule has 7 aromatic rings. The minimum absolute atomic E-state index is 0.338. The minimum atomic E-state index is -0.338. The van der Waals surface area contributed by atoms with Crippen molar-refractivity contribution < 1.29 is 0 Å². The lowest BCUT2D eigenvalue weighted by molar-refractivity contribution is 0.546. The fourth-order valence-corrected chi connectivity index (χ4v) is 6.95. The van der Waals surface area contributed by atoms with E-state index in [4.69, 9.17) is 0 Å². The second kappa shape index (κ2) is 13.6. The number of nitrogens with zero attached hydrogens (tertiary/aromatic N) is 1. The molecule has 0 spiro atoms. The Morgan fingerprint density at radius 1 is 0.681 bits per heavy atom. The van der Waals surface area contributed by atoms with Crippen LogP contribution in [0.15, 0.2) is 157 Å². The molecular weight excluding hydrogens is 593 g/mol. The van der Waals surface area contributed by atoms with Crippen molar-refractivity contribution in [3.05, 3.63) is 174 Å². The molecule has 3 N–H and O–H groups in total. The van der Waals surface area contributed by atoms with Gasteiger partial charge in [0, 0.05) is 31.3 Å². The van der Waals surface area contributed by atoms with Crippen molar-refractivity contribution in [1.82, 2.24) is 10.7 Å². The largest absolute Gasteiger partial charge is 0.358 e. The molecule has 1 aromatic heterocycles. The van der Waals surface area contributed by atoms with Gasteiger partial charge < -0.3 is 10.7 Å². The summed E-state index contributed by atoms with van der Waals surface area (Å²) in [7, 11) is 0. The summed E-state index contributed by atoms with van der Waals surface area (Å²) in [4.78, 5) is 0. The van der Waals surface area contributed by atoms with E-state index in [0.717, 1.165) is 44.8 Å². The number of thiophene rings is 1. The predicted octanol–water partition coefficient (Wildman–Crippen LogP) is 10.7. The lowest BCUT2D eigenvalue weighted by atomic mass is 10.0. The molecule has 47 heavy (non-hydrogen) atoms. The van der Waals surface area contributed by atoms with Gasteiger partial charge in [-0.2, -0.15) is 5.26 Å². The summed E-state index contributed by atoms with van der Waals surface area (Å²) in [5, 5.41) is 15.5. The Balaban J connectivity index is 1.30. The first-order valence-electron chi connectivity index (χ1n) is 15.6. The molecule has 0 saturated carbocycles. The average molecular weight is 625 g/mol. The summed E-state index contributed by atoms with van der Waals surface area (Å²) in [5.41, 5.74) is 19.6. The zero-order valence-corrected chi connectivity index (χ0v) is 26.7. The highest BCUT2D eigenvalue weighted by Crippen LogP contribution is 2.40. The summed E-state index contributed by atoms with van der Waals surface area (Å²) in [6.45, 7) is 1.98. The SMILES string of the molecule is CC=C=C(NC(NNc1cc2c(cc1-c1ccccc1)sc1ccccc12)c1cccc(-c2ccc(C#N)cc2)c1)c1ccccc1. The third kappa shape index (κ3) is 6.44. The molecule has 1 heterocycles. The van der Waals surface area contributed by atoms with Crippen molar-refractivity contribution in [2.45, 2.75) is 13.1 Å². The number of allylic oxidation sites excluding steroid dienone is 1. The Kier molecular flexibility index (Phi) is 8.64. The van der Waals surface area contributed by atoms with Gasteiger partial charge in [-0.15, -0.1) is 11.3 Å². The van der Waals surface area contributed by atoms with Gasteiger partial charge in [0.25, 0.3) is 0 Å². The van der Waals surface area contributed by atoms with E-state index in [2.05, 4.69) is 125 Å². The van der Waals surface area contributed by atoms with E-state index >= 15 is 0 Å². The second-order valence-electron chi connectivity index (χ2n) is 11.2. The molecule has 5 heteroatoms. The molecule has 1 unspecified atom stereocenters. The number of rotatable bonds is 9. The van der Waals surface area contributed by atoms with Crippen LogP contribution in [-0.4, -0.2) is 0 Å². The van der Waals surface area contributed by atoms with Gasteiger partial charge in [-0.1, -0.05) is 115 Å². The van der Waals surface area contributed by atoms with Crippen LogP contribution in [-0.2, 0) is 0 Å². The normalized spacial score (nSPS) is 11.4. The number of nitriles is 1. The lowest BCUT2D eigenvalue weighted by Gasteiger charge is -2.25. The molecule has 4 nitrogen and oxygen atoms in total. The maximum absolute atomic E-state index is 9.30. The maximum atomic E-state index is 9.30. The Hall–Kier alpha value is -5.89. The molecule has 0 amide bonds. The molecule has 0 bridgehead atoms. The van der Waals surface area contributed by atoms with Gasteiger partial charge in [0.05, 0.1) is 23.0 Å². The van der Waals surface area contributed by atoms with Crippen LogP contribution >= 0.6 is 11.3 Å². The molecule has 0 saturated heterocycles. The molecule has 1 atom stereocenters. The van der Waals surface area contributed by atoms with Crippen LogP contribution in [0.25, 0.3) is 48.1 Å². The van der Waals surface area contributed by atoms with Crippen molar-refractivity contribution in [2.24, 2.45) is 0 Å². The molecule has 0 aliphatic rings. The molecule has 226 valence electrons. The number of hydrogen-bond acceptors (Lipinski definition) is 5.